The van der Waals surface area contributed by atoms with Gasteiger partial charge in [-0.15, -0.1) is 0 Å². The molecule has 13 heteroatoms. The third-order valence-electron chi connectivity index (χ3n) is 9.61. The minimum atomic E-state index is -3.52. The summed E-state index contributed by atoms with van der Waals surface area (Å²) in [5.41, 5.74) is 3.89. The van der Waals surface area contributed by atoms with Crippen molar-refractivity contribution in [2.45, 2.75) is 76.2 Å². The molecule has 0 bridgehead atoms. The van der Waals surface area contributed by atoms with Crippen LogP contribution in [0.4, 0.5) is 0 Å². The molecule has 2 fully saturated rings. The third-order valence-corrected chi connectivity index (χ3v) is 13.1. The summed E-state index contributed by atoms with van der Waals surface area (Å²) in [7, 11) is -3.55. The Kier molecular flexibility index (Phi) is 8.08. The Balaban J connectivity index is 1.23. The van der Waals surface area contributed by atoms with Gasteiger partial charge in [-0.2, -0.15) is 0 Å². The van der Waals surface area contributed by atoms with Crippen LogP contribution in [0.2, 0.25) is 25.7 Å². The maximum atomic E-state index is 13.8. The second-order valence-corrected chi connectivity index (χ2v) is 22.3. The number of benzene rings is 2. The lowest BCUT2D eigenvalue weighted by atomic mass is 9.94. The van der Waals surface area contributed by atoms with Crippen LogP contribution in [-0.4, -0.2) is 92.2 Å². The van der Waals surface area contributed by atoms with Gasteiger partial charge < -0.3 is 24.3 Å². The lowest BCUT2D eigenvalue weighted by Gasteiger charge is -2.38. The largest absolute Gasteiger partial charge is 0.361 e. The predicted molar refractivity (Wildman–Crippen MR) is 189 cm³/mol. The first-order valence-corrected chi connectivity index (χ1v) is 21.8. The van der Waals surface area contributed by atoms with E-state index in [9.17, 15) is 18.0 Å². The molecule has 2 saturated heterocycles. The molecule has 7 rings (SSSR count). The SMILES string of the molecule is CN1C(=O)C(c2c[nH]c3ccccc23)=C(c2cn(C[C@@H]3NC[C@H](NS(=O)(=O)CC[Si](C)(C)C)[C@H]4OC(C)(C)O[C@@H]43)c3ccccc23)C1=O. The second kappa shape index (κ2) is 11.8. The number of nitrogens with one attached hydrogen (secondary N) is 3. The van der Waals surface area contributed by atoms with E-state index >= 15 is 0 Å². The molecule has 5 heterocycles. The molecular weight excluding hydrogens is 647 g/mol. The molecule has 0 spiro atoms. The topological polar surface area (TPSA) is 135 Å². The Morgan fingerprint density at radius 3 is 2.31 bits per heavy atom. The lowest BCUT2D eigenvalue weighted by molar-refractivity contribution is -0.148. The summed E-state index contributed by atoms with van der Waals surface area (Å²) in [4.78, 5) is 31.9. The number of nitrogens with zero attached hydrogens (tertiary/aromatic N) is 2. The van der Waals surface area contributed by atoms with Crippen molar-refractivity contribution in [1.29, 1.82) is 0 Å². The number of rotatable bonds is 9. The number of H-pyrrole nitrogens is 1. The fraction of sp³-hybridized carbons (Fsp3) is 0.429. The first-order valence-electron chi connectivity index (χ1n) is 16.4. The quantitative estimate of drug-likeness (QED) is 0.178. The van der Waals surface area contributed by atoms with Crippen LogP contribution in [0.5, 0.6) is 0 Å². The van der Waals surface area contributed by atoms with Crippen LogP contribution >= 0.6 is 0 Å². The molecule has 2 aromatic carbocycles. The van der Waals surface area contributed by atoms with E-state index in [4.69, 9.17) is 9.47 Å². The summed E-state index contributed by atoms with van der Waals surface area (Å²) in [6.07, 6.45) is 2.81. The van der Waals surface area contributed by atoms with Crippen molar-refractivity contribution in [1.82, 2.24) is 24.5 Å². The molecule has 4 atom stereocenters. The minimum absolute atomic E-state index is 0.0925. The molecule has 2 aromatic heterocycles. The number of amides is 2. The van der Waals surface area contributed by atoms with E-state index in [-0.39, 0.29) is 23.6 Å². The normalized spacial score (nSPS) is 24.8. The number of fused-ring (bicyclic) bond motifs is 3. The van der Waals surface area contributed by atoms with Crippen LogP contribution in [0.1, 0.15) is 25.0 Å². The van der Waals surface area contributed by atoms with Gasteiger partial charge >= 0.3 is 0 Å². The summed E-state index contributed by atoms with van der Waals surface area (Å²) in [5.74, 6) is -1.50. The number of para-hydroxylation sites is 2. The number of carbonyl (C=O) groups is 2. The zero-order chi connectivity index (χ0) is 34.2. The number of aromatic nitrogens is 2. The van der Waals surface area contributed by atoms with Crippen LogP contribution in [0.15, 0.2) is 60.9 Å². The van der Waals surface area contributed by atoms with Gasteiger partial charge in [0.1, 0.15) is 12.2 Å². The Bertz CT molecular complexity index is 2080. The van der Waals surface area contributed by atoms with Gasteiger partial charge in [0.05, 0.1) is 29.0 Å². The molecule has 2 amide bonds. The number of carbonyl (C=O) groups excluding carboxylic acids is 2. The maximum Gasteiger partial charge on any atom is 0.261 e. The zero-order valence-electron chi connectivity index (χ0n) is 28.2. The Labute approximate surface area is 281 Å². The molecule has 4 aromatic rings. The van der Waals surface area contributed by atoms with Crippen molar-refractivity contribution in [3.63, 3.8) is 0 Å². The van der Waals surface area contributed by atoms with Crippen molar-refractivity contribution in [2.75, 3.05) is 19.3 Å². The molecule has 254 valence electrons. The minimum Gasteiger partial charge on any atom is -0.361 e. The monoisotopic (exact) mass is 689 g/mol. The summed E-state index contributed by atoms with van der Waals surface area (Å²) in [5, 5.41) is 5.27. The summed E-state index contributed by atoms with van der Waals surface area (Å²) in [6, 6.07) is 15.5. The number of imide groups is 1. The number of hydrogen-bond acceptors (Lipinski definition) is 7. The molecule has 3 aliphatic heterocycles. The number of hydrogen-bond donors (Lipinski definition) is 3. The van der Waals surface area contributed by atoms with Gasteiger partial charge in [0.25, 0.3) is 11.8 Å². The van der Waals surface area contributed by atoms with Crippen LogP contribution < -0.4 is 10.0 Å². The standard InChI is InChI=1S/C35H43N5O6SSi/c1-35(2)45-31-26(38-47(43,44)15-16-48(4,5)6)18-37-27(32(31)46-35)20-40-19-24(22-12-8-10-14-28(22)40)30-29(33(41)39(3)34(30)42)23-17-36-25-13-9-7-11-21(23)25/h7-14,17,19,26-27,31-32,36-38H,15-16,18,20H2,1-6H3/t26-,27-,31+,32+/m0/s1. The van der Waals surface area contributed by atoms with Gasteiger partial charge in [-0.25, -0.2) is 13.1 Å². The summed E-state index contributed by atoms with van der Waals surface area (Å²) >= 11 is 0. The molecule has 3 aliphatic rings. The van der Waals surface area contributed by atoms with Gasteiger partial charge in [0.15, 0.2) is 5.79 Å². The molecule has 11 nitrogen and oxygen atoms in total. The first-order chi connectivity index (χ1) is 22.6. The summed E-state index contributed by atoms with van der Waals surface area (Å²) in [6.45, 7) is 11.0. The van der Waals surface area contributed by atoms with Crippen LogP contribution in [-0.2, 0) is 35.6 Å². The zero-order valence-corrected chi connectivity index (χ0v) is 30.0. The van der Waals surface area contributed by atoms with Gasteiger partial charge in [-0.1, -0.05) is 56.0 Å². The Morgan fingerprint density at radius 2 is 1.58 bits per heavy atom. The number of aromatic amines is 1. The number of piperidine rings is 1. The first kappa shape index (κ1) is 32.9. The number of likely N-dealkylation sites (N-methyl/N-ethyl adjacent to an activating group) is 1. The second-order valence-electron chi connectivity index (χ2n) is 14.8. The van der Waals surface area contributed by atoms with E-state index in [1.807, 2.05) is 68.6 Å². The predicted octanol–water partition coefficient (Wildman–Crippen LogP) is 4.15. The smallest absolute Gasteiger partial charge is 0.261 e. The van der Waals surface area contributed by atoms with Crippen LogP contribution in [0.3, 0.4) is 0 Å². The molecule has 48 heavy (non-hydrogen) atoms. The van der Waals surface area contributed by atoms with Crippen LogP contribution in [0, 0.1) is 0 Å². The van der Waals surface area contributed by atoms with Crippen LogP contribution in [0.25, 0.3) is 33.0 Å². The van der Waals surface area contributed by atoms with E-state index in [0.29, 0.717) is 41.4 Å². The van der Waals surface area contributed by atoms with Gasteiger partial charge in [-0.05, 0) is 32.0 Å². The van der Waals surface area contributed by atoms with Gasteiger partial charge in [0, 0.05) is 73.5 Å². The van der Waals surface area contributed by atoms with Gasteiger partial charge in [0.2, 0.25) is 10.0 Å². The molecule has 0 unspecified atom stereocenters. The van der Waals surface area contributed by atoms with Crippen molar-refractivity contribution >= 4 is 62.9 Å². The van der Waals surface area contributed by atoms with Crippen molar-refractivity contribution in [3.05, 3.63) is 72.1 Å². The Hall–Kier alpha value is -3.59. The fourth-order valence-corrected chi connectivity index (χ4v) is 11.5. The lowest BCUT2D eigenvalue weighted by Crippen LogP contribution is -2.64. The molecule has 0 radical (unpaired) electrons. The average Bonchev–Trinajstić information content (AvgIpc) is 3.76. The molecule has 3 N–H and O–H groups in total. The highest BCUT2D eigenvalue weighted by Gasteiger charge is 2.52. The summed E-state index contributed by atoms with van der Waals surface area (Å²) < 4.78 is 44.0. The van der Waals surface area contributed by atoms with E-state index in [1.54, 1.807) is 6.20 Å². The number of ether oxygens (including phenoxy) is 2. The Morgan fingerprint density at radius 1 is 0.938 bits per heavy atom. The maximum absolute atomic E-state index is 13.8. The molecule has 0 saturated carbocycles. The van der Waals surface area contributed by atoms with Crippen molar-refractivity contribution in [3.8, 4) is 0 Å². The van der Waals surface area contributed by atoms with Crippen molar-refractivity contribution in [2.24, 2.45) is 0 Å². The average molecular weight is 690 g/mol. The number of sulfonamides is 1. The highest BCUT2D eigenvalue weighted by atomic mass is 32.2. The highest BCUT2D eigenvalue weighted by Crippen LogP contribution is 2.41. The fourth-order valence-electron chi connectivity index (χ4n) is 7.19. The van der Waals surface area contributed by atoms with Gasteiger partial charge in [-0.3, -0.25) is 14.5 Å². The molecular formula is C35H43N5O6SSi. The van der Waals surface area contributed by atoms with E-state index in [0.717, 1.165) is 21.8 Å². The third kappa shape index (κ3) is 5.96. The highest BCUT2D eigenvalue weighted by molar-refractivity contribution is 7.89. The van der Waals surface area contributed by atoms with E-state index < -0.39 is 42.1 Å². The van der Waals surface area contributed by atoms with Crippen molar-refractivity contribution < 1.29 is 27.5 Å². The van der Waals surface area contributed by atoms with E-state index in [1.165, 1.54) is 11.9 Å². The van der Waals surface area contributed by atoms with E-state index in [2.05, 4.69) is 39.2 Å². The molecule has 0 aliphatic carbocycles.